The Bertz CT molecular complexity index is 1550. The molecular weight excluding hydrogens is 487 g/mol. The van der Waals surface area contributed by atoms with Crippen molar-refractivity contribution >= 4 is 23.2 Å². The van der Waals surface area contributed by atoms with Crippen molar-refractivity contribution in [3.05, 3.63) is 114 Å². The summed E-state index contributed by atoms with van der Waals surface area (Å²) in [5.74, 6) is -1.56. The van der Waals surface area contributed by atoms with Crippen LogP contribution in [0.3, 0.4) is 0 Å². The minimum Gasteiger partial charge on any atom is -0.478 e. The molecule has 0 fully saturated rings. The van der Waals surface area contributed by atoms with Crippen LogP contribution >= 0.6 is 0 Å². The molecule has 0 unspecified atom stereocenters. The molecule has 0 radical (unpaired) electrons. The summed E-state index contributed by atoms with van der Waals surface area (Å²) in [6.45, 7) is 0. The number of carboxylic acid groups (broad SMARTS) is 1. The first-order valence-electron chi connectivity index (χ1n) is 10.7. The Hall–Kier alpha value is -5.06. The van der Waals surface area contributed by atoms with Crippen molar-refractivity contribution in [2.75, 3.05) is 5.32 Å². The number of aromatic nitrogens is 4. The van der Waals surface area contributed by atoms with Crippen molar-refractivity contribution in [3.8, 4) is 11.3 Å². The first-order valence-corrected chi connectivity index (χ1v) is 10.7. The van der Waals surface area contributed by atoms with Gasteiger partial charge in [-0.3, -0.25) is 9.78 Å². The minimum atomic E-state index is -4.51. The van der Waals surface area contributed by atoms with Gasteiger partial charge in [-0.1, -0.05) is 18.2 Å². The quantitative estimate of drug-likeness (QED) is 0.336. The number of rotatable bonds is 4. The average Bonchev–Trinajstić information content (AvgIpc) is 3.38. The minimum absolute atomic E-state index is 0.0707. The van der Waals surface area contributed by atoms with Gasteiger partial charge in [0.15, 0.2) is 5.65 Å². The summed E-state index contributed by atoms with van der Waals surface area (Å²) in [4.78, 5) is 30.4. The Labute approximate surface area is 208 Å². The lowest BCUT2D eigenvalue weighted by Gasteiger charge is -2.10. The van der Waals surface area contributed by atoms with Gasteiger partial charge in [-0.25, -0.2) is 14.3 Å². The standard InChI is InChI=1S/C20H13F3N4O.C6H5NO2/c21-20(22,23)15-5-1-4-14(11-15)19(28)26-16-6-2-3-13(12-16)17-7-9-24-18-8-10-25-27(17)18;8-6(9)5-2-1-3-7-4-5/h1-12H,(H,26,28);1-4H,(H,8,9). The molecule has 37 heavy (non-hydrogen) atoms. The van der Waals surface area contributed by atoms with Crippen molar-refractivity contribution in [3.63, 3.8) is 0 Å². The molecule has 5 aromatic rings. The van der Waals surface area contributed by atoms with Crippen molar-refractivity contribution < 1.29 is 27.9 Å². The van der Waals surface area contributed by atoms with Gasteiger partial charge in [0, 0.05) is 41.5 Å². The van der Waals surface area contributed by atoms with E-state index in [9.17, 15) is 22.8 Å². The molecule has 8 nitrogen and oxygen atoms in total. The monoisotopic (exact) mass is 505 g/mol. The molecule has 1 amide bonds. The predicted octanol–water partition coefficient (Wildman–Crippen LogP) is 5.45. The third-order valence-corrected chi connectivity index (χ3v) is 5.07. The van der Waals surface area contributed by atoms with Gasteiger partial charge in [0.25, 0.3) is 5.91 Å². The lowest BCUT2D eigenvalue weighted by Crippen LogP contribution is -2.14. The smallest absolute Gasteiger partial charge is 0.416 e. The van der Waals surface area contributed by atoms with Crippen LogP contribution in [0.15, 0.2) is 97.6 Å². The van der Waals surface area contributed by atoms with E-state index >= 15 is 0 Å². The number of carboxylic acids is 1. The van der Waals surface area contributed by atoms with Crippen LogP contribution in [0.25, 0.3) is 16.9 Å². The van der Waals surface area contributed by atoms with Gasteiger partial charge in [0.2, 0.25) is 0 Å². The Morgan fingerprint density at radius 1 is 0.865 bits per heavy atom. The molecule has 186 valence electrons. The van der Waals surface area contributed by atoms with Crippen LogP contribution in [0.1, 0.15) is 26.3 Å². The van der Waals surface area contributed by atoms with Crippen LogP contribution in [0.4, 0.5) is 18.9 Å². The molecule has 0 atom stereocenters. The highest BCUT2D eigenvalue weighted by molar-refractivity contribution is 6.04. The molecule has 0 saturated carbocycles. The topological polar surface area (TPSA) is 109 Å². The maximum absolute atomic E-state index is 12.9. The highest BCUT2D eigenvalue weighted by atomic mass is 19.4. The van der Waals surface area contributed by atoms with E-state index in [1.54, 1.807) is 53.3 Å². The third-order valence-electron chi connectivity index (χ3n) is 5.07. The van der Waals surface area contributed by atoms with Crippen LogP contribution in [0.2, 0.25) is 0 Å². The first-order chi connectivity index (χ1) is 17.7. The summed E-state index contributed by atoms with van der Waals surface area (Å²) in [7, 11) is 0. The van der Waals surface area contributed by atoms with Crippen LogP contribution in [0, 0.1) is 0 Å². The normalized spacial score (nSPS) is 10.9. The lowest BCUT2D eigenvalue weighted by molar-refractivity contribution is -0.137. The zero-order valence-corrected chi connectivity index (χ0v) is 18.9. The number of alkyl halides is 3. The van der Waals surface area contributed by atoms with Gasteiger partial charge >= 0.3 is 12.1 Å². The Balaban J connectivity index is 0.000000301. The summed E-state index contributed by atoms with van der Waals surface area (Å²) in [6.07, 6.45) is 1.62. The van der Waals surface area contributed by atoms with Gasteiger partial charge in [0.1, 0.15) is 0 Å². The molecule has 0 aliphatic carbocycles. The van der Waals surface area contributed by atoms with Crippen LogP contribution in [-0.2, 0) is 6.18 Å². The number of hydrogen-bond acceptors (Lipinski definition) is 5. The van der Waals surface area contributed by atoms with Crippen molar-refractivity contribution in [1.29, 1.82) is 0 Å². The average molecular weight is 505 g/mol. The fourth-order valence-electron chi connectivity index (χ4n) is 3.34. The van der Waals surface area contributed by atoms with E-state index in [1.165, 1.54) is 30.6 Å². The number of anilines is 1. The number of carbonyl (C=O) groups is 2. The maximum atomic E-state index is 12.9. The summed E-state index contributed by atoms with van der Waals surface area (Å²) < 4.78 is 40.2. The van der Waals surface area contributed by atoms with E-state index in [4.69, 9.17) is 5.11 Å². The van der Waals surface area contributed by atoms with E-state index in [-0.39, 0.29) is 11.1 Å². The van der Waals surface area contributed by atoms with Gasteiger partial charge in [-0.2, -0.15) is 18.3 Å². The van der Waals surface area contributed by atoms with Crippen molar-refractivity contribution in [1.82, 2.24) is 19.6 Å². The van der Waals surface area contributed by atoms with Crippen molar-refractivity contribution in [2.24, 2.45) is 0 Å². The fraction of sp³-hybridized carbons (Fsp3) is 0.0385. The third kappa shape index (κ3) is 6.14. The predicted molar refractivity (Wildman–Crippen MR) is 129 cm³/mol. The molecule has 2 N–H and O–H groups in total. The number of halogens is 3. The molecule has 0 aliphatic heterocycles. The van der Waals surface area contributed by atoms with E-state index in [2.05, 4.69) is 20.4 Å². The number of nitrogens with zero attached hydrogens (tertiary/aromatic N) is 4. The van der Waals surface area contributed by atoms with E-state index in [0.29, 0.717) is 11.3 Å². The summed E-state index contributed by atoms with van der Waals surface area (Å²) >= 11 is 0. The molecule has 0 spiro atoms. The summed E-state index contributed by atoms with van der Waals surface area (Å²) in [5, 5.41) is 15.2. The molecule has 2 aromatic carbocycles. The fourth-order valence-corrected chi connectivity index (χ4v) is 3.34. The van der Waals surface area contributed by atoms with Crippen LogP contribution in [0.5, 0.6) is 0 Å². The zero-order chi connectivity index (χ0) is 26.4. The number of pyridine rings is 1. The second kappa shape index (κ2) is 10.7. The molecule has 11 heteroatoms. The zero-order valence-electron chi connectivity index (χ0n) is 18.9. The van der Waals surface area contributed by atoms with Crippen LogP contribution < -0.4 is 5.32 Å². The van der Waals surface area contributed by atoms with Gasteiger partial charge in [0.05, 0.1) is 23.0 Å². The first kappa shape index (κ1) is 25.0. The van der Waals surface area contributed by atoms with Gasteiger partial charge in [-0.05, 0) is 48.5 Å². The number of benzene rings is 2. The number of hydrogen-bond donors (Lipinski definition) is 2. The number of nitrogens with one attached hydrogen (secondary N) is 1. The van der Waals surface area contributed by atoms with E-state index < -0.39 is 23.6 Å². The van der Waals surface area contributed by atoms with Crippen molar-refractivity contribution in [2.45, 2.75) is 6.18 Å². The molecule has 0 bridgehead atoms. The number of amides is 1. The Kier molecular flexibility index (Phi) is 7.23. The molecule has 0 saturated heterocycles. The Morgan fingerprint density at radius 2 is 1.65 bits per heavy atom. The SMILES string of the molecule is O=C(Nc1cccc(-c2ccnc3ccnn23)c1)c1cccc(C(F)(F)F)c1.O=C(O)c1cccnc1. The largest absolute Gasteiger partial charge is 0.478 e. The lowest BCUT2D eigenvalue weighted by atomic mass is 10.1. The van der Waals surface area contributed by atoms with Crippen LogP contribution in [-0.4, -0.2) is 36.6 Å². The van der Waals surface area contributed by atoms with Gasteiger partial charge < -0.3 is 10.4 Å². The summed E-state index contributed by atoms with van der Waals surface area (Å²) in [5.41, 5.74) is 1.96. The van der Waals surface area contributed by atoms with Gasteiger partial charge in [-0.15, -0.1) is 0 Å². The highest BCUT2D eigenvalue weighted by Gasteiger charge is 2.30. The Morgan fingerprint density at radius 3 is 2.35 bits per heavy atom. The molecule has 3 heterocycles. The number of fused-ring (bicyclic) bond motifs is 1. The summed E-state index contributed by atoms with van der Waals surface area (Å²) in [6, 6.07) is 17.9. The molecule has 3 aromatic heterocycles. The molecular formula is C26H18F3N5O3. The second-order valence-electron chi connectivity index (χ2n) is 7.59. The maximum Gasteiger partial charge on any atom is 0.416 e. The number of aromatic carboxylic acids is 1. The molecule has 0 aliphatic rings. The number of carbonyl (C=O) groups excluding carboxylic acids is 1. The van der Waals surface area contributed by atoms with E-state index in [0.717, 1.165) is 23.4 Å². The molecule has 5 rings (SSSR count). The second-order valence-corrected chi connectivity index (χ2v) is 7.59. The van der Waals surface area contributed by atoms with E-state index in [1.807, 2.05) is 6.07 Å². The highest BCUT2D eigenvalue weighted by Crippen LogP contribution is 2.30.